The Morgan fingerprint density at radius 1 is 1.26 bits per heavy atom. The maximum Gasteiger partial charge on any atom is 0.145 e. The molecule has 0 heterocycles. The lowest BCUT2D eigenvalue weighted by atomic mass is 10.1. The average molecular weight is 408 g/mol. The van der Waals surface area contributed by atoms with Crippen LogP contribution in [0, 0.1) is 12.7 Å². The molecule has 0 aliphatic rings. The normalized spacial score (nSPS) is 10.6. The number of rotatable bonds is 3. The lowest BCUT2D eigenvalue weighted by Gasteiger charge is -2.10. The highest BCUT2D eigenvalue weighted by Gasteiger charge is 2.09. The summed E-state index contributed by atoms with van der Waals surface area (Å²) in [6.07, 6.45) is 0. The first-order valence-electron chi connectivity index (χ1n) is 5.49. The molecule has 0 spiro atoms. The fourth-order valence-electron chi connectivity index (χ4n) is 1.59. The Morgan fingerprint density at radius 2 is 2.00 bits per heavy atom. The number of aryl methyl sites for hydroxylation is 1. The molecule has 2 aromatic carbocycles. The van der Waals surface area contributed by atoms with E-state index in [9.17, 15) is 4.39 Å². The van der Waals surface area contributed by atoms with Gasteiger partial charge in [-0.25, -0.2) is 4.39 Å². The molecule has 0 N–H and O–H groups in total. The highest BCUT2D eigenvalue weighted by atomic mass is 79.9. The van der Waals surface area contributed by atoms with E-state index in [1.54, 1.807) is 0 Å². The van der Waals surface area contributed by atoms with Crippen LogP contribution in [0.3, 0.4) is 0 Å². The fourth-order valence-corrected chi connectivity index (χ4v) is 2.94. The van der Waals surface area contributed by atoms with E-state index in [0.29, 0.717) is 16.0 Å². The van der Waals surface area contributed by atoms with Gasteiger partial charge in [0.05, 0.1) is 9.50 Å². The van der Waals surface area contributed by atoms with Crippen molar-refractivity contribution in [1.29, 1.82) is 0 Å². The van der Waals surface area contributed by atoms with Crippen LogP contribution in [0.5, 0.6) is 11.5 Å². The van der Waals surface area contributed by atoms with Crippen molar-refractivity contribution < 1.29 is 9.13 Å². The van der Waals surface area contributed by atoms with Gasteiger partial charge in [-0.3, -0.25) is 0 Å². The Hall–Kier alpha value is -0.580. The van der Waals surface area contributed by atoms with Crippen molar-refractivity contribution in [2.45, 2.75) is 12.3 Å². The Morgan fingerprint density at radius 3 is 2.63 bits per heavy atom. The third-order valence-corrected chi connectivity index (χ3v) is 4.17. The lowest BCUT2D eigenvalue weighted by Crippen LogP contribution is -1.90. The van der Waals surface area contributed by atoms with Gasteiger partial charge in [0.25, 0.3) is 0 Å². The van der Waals surface area contributed by atoms with Gasteiger partial charge >= 0.3 is 0 Å². The Bertz CT molecular complexity index is 617. The minimum absolute atomic E-state index is 0.0602. The molecule has 1 nitrogen and oxygen atoms in total. The van der Waals surface area contributed by atoms with Crippen LogP contribution in [-0.4, -0.2) is 0 Å². The zero-order chi connectivity index (χ0) is 14.0. The number of hydrogen-bond acceptors (Lipinski definition) is 1. The average Bonchev–Trinajstić information content (AvgIpc) is 2.36. The molecule has 5 heteroatoms. The van der Waals surface area contributed by atoms with E-state index in [4.69, 9.17) is 16.3 Å². The molecule has 0 aromatic heterocycles. The minimum Gasteiger partial charge on any atom is -0.456 e. The van der Waals surface area contributed by atoms with Crippen LogP contribution in [0.15, 0.2) is 34.8 Å². The van der Waals surface area contributed by atoms with Gasteiger partial charge in [0.2, 0.25) is 0 Å². The standard InChI is InChI=1S/C14H10Br2ClFO/c1-8-4-10(3-2-9(8)7-15)19-14-6-13(18)12(17)5-11(14)16/h2-6H,7H2,1H3. The molecule has 100 valence electrons. The number of hydrogen-bond donors (Lipinski definition) is 0. The summed E-state index contributed by atoms with van der Waals surface area (Å²) >= 11 is 12.4. The number of benzene rings is 2. The van der Waals surface area contributed by atoms with Crippen molar-refractivity contribution in [2.24, 2.45) is 0 Å². The van der Waals surface area contributed by atoms with Crippen LogP contribution in [0.1, 0.15) is 11.1 Å². The van der Waals surface area contributed by atoms with Gasteiger partial charge in [0, 0.05) is 11.4 Å². The molecule has 0 fully saturated rings. The van der Waals surface area contributed by atoms with Gasteiger partial charge in [-0.05, 0) is 52.2 Å². The van der Waals surface area contributed by atoms with Crippen molar-refractivity contribution in [3.05, 3.63) is 56.8 Å². The molecule has 0 aliphatic carbocycles. The Kier molecular flexibility index (Phi) is 4.87. The summed E-state index contributed by atoms with van der Waals surface area (Å²) < 4.78 is 19.7. The van der Waals surface area contributed by atoms with Crippen LogP contribution in [0.25, 0.3) is 0 Å². The second kappa shape index (κ2) is 6.25. The molecule has 0 bridgehead atoms. The molecule has 0 aliphatic heterocycles. The van der Waals surface area contributed by atoms with Crippen molar-refractivity contribution >= 4 is 43.5 Å². The Balaban J connectivity index is 2.31. The first-order valence-corrected chi connectivity index (χ1v) is 7.78. The van der Waals surface area contributed by atoms with Crippen molar-refractivity contribution in [2.75, 3.05) is 0 Å². The van der Waals surface area contributed by atoms with Crippen LogP contribution in [-0.2, 0) is 5.33 Å². The summed E-state index contributed by atoms with van der Waals surface area (Å²) in [5.74, 6) is 0.547. The molecule has 0 saturated heterocycles. The van der Waals surface area contributed by atoms with Crippen LogP contribution in [0.4, 0.5) is 4.39 Å². The van der Waals surface area contributed by atoms with Crippen LogP contribution < -0.4 is 4.74 Å². The van der Waals surface area contributed by atoms with Crippen LogP contribution in [0.2, 0.25) is 5.02 Å². The molecular formula is C14H10Br2ClFO. The zero-order valence-corrected chi connectivity index (χ0v) is 13.9. The monoisotopic (exact) mass is 406 g/mol. The quantitative estimate of drug-likeness (QED) is 0.432. The molecule has 2 aromatic rings. The fraction of sp³-hybridized carbons (Fsp3) is 0.143. The van der Waals surface area contributed by atoms with Crippen LogP contribution >= 0.6 is 43.5 Å². The predicted octanol–water partition coefficient (Wildman–Crippen LogP) is 6.24. The first kappa shape index (κ1) is 14.8. The maximum absolute atomic E-state index is 13.4. The van der Waals surface area contributed by atoms with Crippen molar-refractivity contribution in [3.63, 3.8) is 0 Å². The van der Waals surface area contributed by atoms with Gasteiger partial charge in [-0.1, -0.05) is 33.6 Å². The van der Waals surface area contributed by atoms with E-state index in [0.717, 1.165) is 10.9 Å². The summed E-state index contributed by atoms with van der Waals surface area (Å²) in [5, 5.41) is 0.850. The van der Waals surface area contributed by atoms with E-state index in [2.05, 4.69) is 31.9 Å². The van der Waals surface area contributed by atoms with E-state index in [-0.39, 0.29) is 5.02 Å². The third kappa shape index (κ3) is 3.50. The minimum atomic E-state index is -0.506. The second-order valence-corrected chi connectivity index (χ2v) is 5.84. The van der Waals surface area contributed by atoms with Crippen molar-refractivity contribution in [1.82, 2.24) is 0 Å². The molecule has 0 atom stereocenters. The second-order valence-electron chi connectivity index (χ2n) is 4.02. The summed E-state index contributed by atoms with van der Waals surface area (Å²) in [7, 11) is 0. The third-order valence-electron chi connectivity index (χ3n) is 2.66. The van der Waals surface area contributed by atoms with Gasteiger partial charge in [0.15, 0.2) is 0 Å². The van der Waals surface area contributed by atoms with E-state index in [1.807, 2.05) is 25.1 Å². The SMILES string of the molecule is Cc1cc(Oc2cc(F)c(Cl)cc2Br)ccc1CBr. The summed E-state index contributed by atoms with van der Waals surface area (Å²) in [5.41, 5.74) is 2.30. The lowest BCUT2D eigenvalue weighted by molar-refractivity contribution is 0.473. The first-order chi connectivity index (χ1) is 9.01. The smallest absolute Gasteiger partial charge is 0.145 e. The molecular weight excluding hydrogens is 398 g/mol. The number of halogens is 4. The maximum atomic E-state index is 13.4. The number of alkyl halides is 1. The van der Waals surface area contributed by atoms with Gasteiger partial charge in [0.1, 0.15) is 17.3 Å². The molecule has 0 saturated carbocycles. The van der Waals surface area contributed by atoms with Gasteiger partial charge in [-0.15, -0.1) is 0 Å². The summed E-state index contributed by atoms with van der Waals surface area (Å²) in [6, 6.07) is 8.48. The Labute approximate surface area is 133 Å². The van der Waals surface area contributed by atoms with E-state index in [1.165, 1.54) is 17.7 Å². The molecule has 0 unspecified atom stereocenters. The highest BCUT2D eigenvalue weighted by molar-refractivity contribution is 9.10. The van der Waals surface area contributed by atoms with E-state index >= 15 is 0 Å². The summed E-state index contributed by atoms with van der Waals surface area (Å²) in [6.45, 7) is 2.00. The van der Waals surface area contributed by atoms with Gasteiger partial charge in [-0.2, -0.15) is 0 Å². The predicted molar refractivity (Wildman–Crippen MR) is 83.0 cm³/mol. The van der Waals surface area contributed by atoms with E-state index < -0.39 is 5.82 Å². The molecule has 2 rings (SSSR count). The molecule has 0 amide bonds. The summed E-state index contributed by atoms with van der Waals surface area (Å²) in [4.78, 5) is 0. The van der Waals surface area contributed by atoms with Gasteiger partial charge < -0.3 is 4.74 Å². The highest BCUT2D eigenvalue weighted by Crippen LogP contribution is 2.34. The zero-order valence-electron chi connectivity index (χ0n) is 10.0. The topological polar surface area (TPSA) is 9.23 Å². The number of ether oxygens (including phenoxy) is 1. The molecule has 19 heavy (non-hydrogen) atoms. The molecule has 0 radical (unpaired) electrons. The largest absolute Gasteiger partial charge is 0.456 e. The van der Waals surface area contributed by atoms with Crippen molar-refractivity contribution in [3.8, 4) is 11.5 Å².